The van der Waals surface area contributed by atoms with Gasteiger partial charge in [0.25, 0.3) is 0 Å². The number of aromatic nitrogens is 1. The Morgan fingerprint density at radius 3 is 2.88 bits per heavy atom. The van der Waals surface area contributed by atoms with Gasteiger partial charge in [0.05, 0.1) is 6.54 Å². The molecule has 1 aromatic rings. The van der Waals surface area contributed by atoms with Crippen LogP contribution in [-0.2, 0) is 4.74 Å². The highest BCUT2D eigenvalue weighted by Crippen LogP contribution is 2.17. The third-order valence-corrected chi connectivity index (χ3v) is 2.16. The lowest BCUT2D eigenvalue weighted by atomic mass is 10.2. The van der Waals surface area contributed by atoms with E-state index in [0.29, 0.717) is 4.47 Å². The molecule has 1 aromatic heterocycles. The lowest BCUT2D eigenvalue weighted by molar-refractivity contribution is 0.0697. The van der Waals surface area contributed by atoms with E-state index in [4.69, 9.17) is 10.8 Å². The van der Waals surface area contributed by atoms with Crippen LogP contribution in [0.4, 0.5) is 10.6 Å². The molecule has 0 spiro atoms. The summed E-state index contributed by atoms with van der Waals surface area (Å²) in [5.41, 5.74) is 4.79. The Kier molecular flexibility index (Phi) is 4.70. The van der Waals surface area contributed by atoms with Crippen LogP contribution in [0.3, 0.4) is 0 Å². The van der Waals surface area contributed by atoms with Gasteiger partial charge in [-0.25, -0.2) is 14.6 Å². The van der Waals surface area contributed by atoms with E-state index in [1.54, 1.807) is 0 Å². The average Bonchev–Trinajstić information content (AvgIpc) is 2.25. The average molecular weight is 304 g/mol. The Morgan fingerprint density at radius 2 is 2.29 bits per heavy atom. The smallest absolute Gasteiger partial charge is 0.404 e. The zero-order chi connectivity index (χ0) is 12.8. The number of nitrogens with one attached hydrogen (secondary N) is 1. The number of nitrogens with two attached hydrogens (primary N) is 1. The molecule has 0 saturated heterocycles. The van der Waals surface area contributed by atoms with Gasteiger partial charge in [-0.1, -0.05) is 0 Å². The Hall–Kier alpha value is -1.83. The SMILES string of the molecule is NC(=O)OCCNc1ncc(Br)cc1C(=O)O. The Balaban J connectivity index is 2.64. The van der Waals surface area contributed by atoms with Gasteiger partial charge in [-0.2, -0.15) is 0 Å². The maximum absolute atomic E-state index is 10.9. The summed E-state index contributed by atoms with van der Waals surface area (Å²) in [5, 5.41) is 11.7. The van der Waals surface area contributed by atoms with E-state index in [1.807, 2.05) is 0 Å². The summed E-state index contributed by atoms with van der Waals surface area (Å²) in [7, 11) is 0. The number of halogens is 1. The van der Waals surface area contributed by atoms with Crippen molar-refractivity contribution in [3.05, 3.63) is 22.3 Å². The van der Waals surface area contributed by atoms with Crippen LogP contribution in [0, 0.1) is 0 Å². The summed E-state index contributed by atoms with van der Waals surface area (Å²) in [6.45, 7) is 0.254. The fourth-order valence-electron chi connectivity index (χ4n) is 1.06. The number of carboxylic acid groups (broad SMARTS) is 1. The molecule has 0 unspecified atom stereocenters. The molecule has 0 aliphatic carbocycles. The van der Waals surface area contributed by atoms with E-state index < -0.39 is 12.1 Å². The van der Waals surface area contributed by atoms with Gasteiger partial charge >= 0.3 is 12.1 Å². The minimum absolute atomic E-state index is 0.0263. The number of carbonyl (C=O) groups excluding carboxylic acids is 1. The summed E-state index contributed by atoms with van der Waals surface area (Å²) in [4.78, 5) is 25.1. The van der Waals surface area contributed by atoms with Gasteiger partial charge in [-0.15, -0.1) is 0 Å². The maximum Gasteiger partial charge on any atom is 0.404 e. The van der Waals surface area contributed by atoms with Crippen molar-refractivity contribution in [3.63, 3.8) is 0 Å². The number of aromatic carboxylic acids is 1. The van der Waals surface area contributed by atoms with E-state index in [-0.39, 0.29) is 24.5 Å². The molecular formula is C9H10BrN3O4. The predicted octanol–water partition coefficient (Wildman–Crippen LogP) is 1.05. The number of hydrogen-bond donors (Lipinski definition) is 3. The van der Waals surface area contributed by atoms with Gasteiger partial charge in [0.2, 0.25) is 0 Å². The first-order valence-corrected chi connectivity index (χ1v) is 5.35. The highest BCUT2D eigenvalue weighted by molar-refractivity contribution is 9.10. The Morgan fingerprint density at radius 1 is 1.59 bits per heavy atom. The third kappa shape index (κ3) is 4.27. The standard InChI is InChI=1S/C9H10BrN3O4/c10-5-3-6(8(14)15)7(13-4-5)12-1-2-17-9(11)16/h3-4H,1-2H2,(H2,11,16)(H,12,13)(H,14,15). The van der Waals surface area contributed by atoms with E-state index in [2.05, 4.69) is 31.0 Å². The number of carbonyl (C=O) groups is 2. The molecule has 1 heterocycles. The van der Waals surface area contributed by atoms with Crippen LogP contribution in [0.25, 0.3) is 0 Å². The van der Waals surface area contributed by atoms with Crippen molar-refractivity contribution in [2.45, 2.75) is 0 Å². The zero-order valence-corrected chi connectivity index (χ0v) is 10.2. The molecule has 1 amide bonds. The molecule has 17 heavy (non-hydrogen) atoms. The van der Waals surface area contributed by atoms with Gasteiger partial charge < -0.3 is 20.9 Å². The third-order valence-electron chi connectivity index (χ3n) is 1.72. The van der Waals surface area contributed by atoms with Gasteiger partial charge in [-0.3, -0.25) is 0 Å². The fraction of sp³-hybridized carbons (Fsp3) is 0.222. The van der Waals surface area contributed by atoms with E-state index in [9.17, 15) is 9.59 Å². The molecule has 0 aromatic carbocycles. The summed E-state index contributed by atoms with van der Waals surface area (Å²) < 4.78 is 5.04. The first-order chi connectivity index (χ1) is 8.00. The monoisotopic (exact) mass is 303 g/mol. The summed E-state index contributed by atoms with van der Waals surface area (Å²) in [6, 6.07) is 1.42. The first-order valence-electron chi connectivity index (χ1n) is 4.55. The van der Waals surface area contributed by atoms with E-state index in [0.717, 1.165) is 0 Å². The maximum atomic E-state index is 10.9. The summed E-state index contributed by atoms with van der Waals surface area (Å²) in [5.74, 6) is -0.897. The van der Waals surface area contributed by atoms with Crippen molar-refractivity contribution in [2.75, 3.05) is 18.5 Å². The lowest BCUT2D eigenvalue weighted by Gasteiger charge is -2.08. The number of nitrogens with zero attached hydrogens (tertiary/aromatic N) is 1. The van der Waals surface area contributed by atoms with Crippen LogP contribution >= 0.6 is 15.9 Å². The number of carboxylic acids is 1. The van der Waals surface area contributed by atoms with Crippen LogP contribution in [0.15, 0.2) is 16.7 Å². The van der Waals surface area contributed by atoms with Crippen molar-refractivity contribution in [1.29, 1.82) is 0 Å². The number of anilines is 1. The molecule has 0 aliphatic rings. The zero-order valence-electron chi connectivity index (χ0n) is 8.64. The number of rotatable bonds is 5. The number of hydrogen-bond acceptors (Lipinski definition) is 5. The van der Waals surface area contributed by atoms with Crippen LogP contribution in [0.1, 0.15) is 10.4 Å². The second kappa shape index (κ2) is 6.04. The first kappa shape index (κ1) is 13.2. The highest BCUT2D eigenvalue weighted by Gasteiger charge is 2.11. The van der Waals surface area contributed by atoms with Crippen molar-refractivity contribution in [1.82, 2.24) is 4.98 Å². The molecule has 4 N–H and O–H groups in total. The van der Waals surface area contributed by atoms with Crippen LogP contribution in [-0.4, -0.2) is 35.3 Å². The molecule has 8 heteroatoms. The van der Waals surface area contributed by atoms with Gasteiger partial charge in [0.1, 0.15) is 18.0 Å². The van der Waals surface area contributed by atoms with Crippen molar-refractivity contribution < 1.29 is 19.4 Å². The second-order valence-electron chi connectivity index (χ2n) is 2.95. The van der Waals surface area contributed by atoms with Gasteiger partial charge in [0.15, 0.2) is 0 Å². The van der Waals surface area contributed by atoms with Crippen molar-refractivity contribution in [3.8, 4) is 0 Å². The van der Waals surface area contributed by atoms with Crippen molar-refractivity contribution in [2.24, 2.45) is 5.73 Å². The van der Waals surface area contributed by atoms with E-state index in [1.165, 1.54) is 12.3 Å². The fourth-order valence-corrected chi connectivity index (χ4v) is 1.40. The minimum Gasteiger partial charge on any atom is -0.478 e. The topological polar surface area (TPSA) is 115 Å². The van der Waals surface area contributed by atoms with Crippen LogP contribution < -0.4 is 11.1 Å². The normalized spacial score (nSPS) is 9.71. The lowest BCUT2D eigenvalue weighted by Crippen LogP contribution is -2.19. The second-order valence-corrected chi connectivity index (χ2v) is 3.86. The number of primary amides is 1. The minimum atomic E-state index is -1.10. The predicted molar refractivity (Wildman–Crippen MR) is 62.9 cm³/mol. The van der Waals surface area contributed by atoms with Gasteiger partial charge in [-0.05, 0) is 22.0 Å². The molecular weight excluding hydrogens is 294 g/mol. The highest BCUT2D eigenvalue weighted by atomic mass is 79.9. The number of amides is 1. The molecule has 1 rings (SSSR count). The van der Waals surface area contributed by atoms with Crippen LogP contribution in [0.5, 0.6) is 0 Å². The summed E-state index contributed by atoms with van der Waals surface area (Å²) >= 11 is 3.13. The number of ether oxygens (including phenoxy) is 1. The Labute approximate surface area is 105 Å². The van der Waals surface area contributed by atoms with E-state index >= 15 is 0 Å². The molecule has 0 saturated carbocycles. The summed E-state index contributed by atoms with van der Waals surface area (Å²) in [6.07, 6.45) is 0.581. The number of pyridine rings is 1. The van der Waals surface area contributed by atoms with Crippen LogP contribution in [0.2, 0.25) is 0 Å². The Bertz CT molecular complexity index is 438. The molecule has 0 atom stereocenters. The molecule has 0 aliphatic heterocycles. The largest absolute Gasteiger partial charge is 0.478 e. The molecule has 0 radical (unpaired) electrons. The molecule has 0 bridgehead atoms. The van der Waals surface area contributed by atoms with Crippen molar-refractivity contribution >= 4 is 33.8 Å². The molecule has 0 fully saturated rings. The van der Waals surface area contributed by atoms with Gasteiger partial charge in [0, 0.05) is 10.7 Å². The quantitative estimate of drug-likeness (QED) is 0.700. The molecule has 7 nitrogen and oxygen atoms in total. The molecule has 92 valence electrons.